The van der Waals surface area contributed by atoms with E-state index < -0.39 is 0 Å². The third-order valence-electron chi connectivity index (χ3n) is 2.56. The summed E-state index contributed by atoms with van der Waals surface area (Å²) in [5.41, 5.74) is 0.863. The van der Waals surface area contributed by atoms with Crippen LogP contribution in [0.5, 0.6) is 5.75 Å². The van der Waals surface area contributed by atoms with Crippen LogP contribution >= 0.6 is 0 Å². The molecule has 0 aliphatic carbocycles. The van der Waals surface area contributed by atoms with E-state index in [1.165, 1.54) is 13.2 Å². The average molecular weight is 241 g/mol. The molecule has 1 aromatic rings. The first kappa shape index (κ1) is 13.9. The van der Waals surface area contributed by atoms with Crippen LogP contribution in [0.3, 0.4) is 0 Å². The summed E-state index contributed by atoms with van der Waals surface area (Å²) in [6.45, 7) is 3.31. The molecule has 3 nitrogen and oxygen atoms in total. The van der Waals surface area contributed by atoms with Crippen molar-refractivity contribution in [2.75, 3.05) is 27.4 Å². The first-order valence-corrected chi connectivity index (χ1v) is 5.81. The van der Waals surface area contributed by atoms with Crippen LogP contribution in [0.15, 0.2) is 18.2 Å². The van der Waals surface area contributed by atoms with Gasteiger partial charge in [0.15, 0.2) is 11.6 Å². The van der Waals surface area contributed by atoms with Crippen LogP contribution < -0.4 is 10.1 Å². The number of hydrogen-bond donors (Lipinski definition) is 1. The fourth-order valence-corrected chi connectivity index (χ4v) is 1.59. The van der Waals surface area contributed by atoms with Gasteiger partial charge in [0, 0.05) is 6.61 Å². The van der Waals surface area contributed by atoms with Crippen LogP contribution in [0, 0.1) is 5.82 Å². The lowest BCUT2D eigenvalue weighted by Crippen LogP contribution is -2.22. The Bertz CT molecular complexity index is 344. The molecule has 0 radical (unpaired) electrons. The first-order chi connectivity index (χ1) is 8.22. The summed E-state index contributed by atoms with van der Waals surface area (Å²) in [6.07, 6.45) is 0.980. The molecule has 0 saturated heterocycles. The summed E-state index contributed by atoms with van der Waals surface area (Å²) >= 11 is 0. The normalized spacial score (nSPS) is 12.5. The highest BCUT2D eigenvalue weighted by Gasteiger charge is 2.12. The number of nitrogens with one attached hydrogen (secondary N) is 1. The highest BCUT2D eigenvalue weighted by atomic mass is 19.1. The summed E-state index contributed by atoms with van der Waals surface area (Å²) in [6, 6.07) is 4.96. The zero-order valence-electron chi connectivity index (χ0n) is 10.6. The fraction of sp³-hybridized carbons (Fsp3) is 0.538. The summed E-state index contributed by atoms with van der Waals surface area (Å²) < 4.78 is 23.9. The number of methoxy groups -OCH3 is 1. The molecule has 0 bridgehead atoms. The topological polar surface area (TPSA) is 30.5 Å². The van der Waals surface area contributed by atoms with Crippen molar-refractivity contribution in [3.63, 3.8) is 0 Å². The fourth-order valence-electron chi connectivity index (χ4n) is 1.59. The van der Waals surface area contributed by atoms with Gasteiger partial charge in [-0.2, -0.15) is 0 Å². The van der Waals surface area contributed by atoms with Crippen LogP contribution in [0.4, 0.5) is 4.39 Å². The molecule has 0 amide bonds. The lowest BCUT2D eigenvalue weighted by atomic mass is 10.1. The molecule has 0 fully saturated rings. The number of likely N-dealkylation sites (N-methyl/N-ethyl adjacent to an activating group) is 1. The Morgan fingerprint density at radius 2 is 2.18 bits per heavy atom. The van der Waals surface area contributed by atoms with E-state index in [0.29, 0.717) is 6.61 Å². The predicted octanol–water partition coefficient (Wildman–Crippen LogP) is 2.52. The van der Waals surface area contributed by atoms with Crippen LogP contribution in [-0.2, 0) is 4.74 Å². The second-order valence-electron chi connectivity index (χ2n) is 3.81. The second kappa shape index (κ2) is 7.25. The van der Waals surface area contributed by atoms with E-state index in [9.17, 15) is 4.39 Å². The summed E-state index contributed by atoms with van der Waals surface area (Å²) in [7, 11) is 3.29. The summed E-state index contributed by atoms with van der Waals surface area (Å²) in [5.74, 6) is -0.0844. The molecular formula is C13H20FNO2. The SMILES string of the molecule is CCCOCC(NC)c1ccc(OC)c(F)c1. The number of ether oxygens (including phenoxy) is 2. The Kier molecular flexibility index (Phi) is 5.94. The van der Waals surface area contributed by atoms with Crippen molar-refractivity contribution in [1.82, 2.24) is 5.32 Å². The van der Waals surface area contributed by atoms with Crippen molar-refractivity contribution in [3.05, 3.63) is 29.6 Å². The number of hydrogen-bond acceptors (Lipinski definition) is 3. The maximum atomic E-state index is 13.5. The van der Waals surface area contributed by atoms with Crippen molar-refractivity contribution >= 4 is 0 Å². The predicted molar refractivity (Wildman–Crippen MR) is 65.9 cm³/mol. The van der Waals surface area contributed by atoms with Gasteiger partial charge in [-0.1, -0.05) is 13.0 Å². The Morgan fingerprint density at radius 3 is 2.71 bits per heavy atom. The molecule has 96 valence electrons. The smallest absolute Gasteiger partial charge is 0.165 e. The molecule has 0 spiro atoms. The van der Waals surface area contributed by atoms with E-state index in [2.05, 4.69) is 12.2 Å². The maximum absolute atomic E-state index is 13.5. The van der Waals surface area contributed by atoms with Crippen molar-refractivity contribution < 1.29 is 13.9 Å². The van der Waals surface area contributed by atoms with Gasteiger partial charge in [-0.15, -0.1) is 0 Å². The molecule has 0 heterocycles. The Labute approximate surface area is 102 Å². The zero-order chi connectivity index (χ0) is 12.7. The van der Waals surface area contributed by atoms with Crippen LogP contribution in [0.25, 0.3) is 0 Å². The maximum Gasteiger partial charge on any atom is 0.165 e. The summed E-state index contributed by atoms with van der Waals surface area (Å²) in [4.78, 5) is 0. The van der Waals surface area contributed by atoms with Gasteiger partial charge in [0.1, 0.15) is 0 Å². The van der Waals surface area contributed by atoms with Crippen molar-refractivity contribution in [1.29, 1.82) is 0 Å². The Hall–Kier alpha value is -1.13. The highest BCUT2D eigenvalue weighted by Crippen LogP contribution is 2.21. The molecule has 1 unspecified atom stereocenters. The van der Waals surface area contributed by atoms with Crippen molar-refractivity contribution in [3.8, 4) is 5.75 Å². The van der Waals surface area contributed by atoms with Gasteiger partial charge in [0.05, 0.1) is 19.8 Å². The lowest BCUT2D eigenvalue weighted by Gasteiger charge is -2.17. The monoisotopic (exact) mass is 241 g/mol. The quantitative estimate of drug-likeness (QED) is 0.744. The minimum Gasteiger partial charge on any atom is -0.494 e. The summed E-state index contributed by atoms with van der Waals surface area (Å²) in [5, 5.41) is 3.11. The van der Waals surface area contributed by atoms with Gasteiger partial charge in [-0.05, 0) is 31.2 Å². The van der Waals surface area contributed by atoms with E-state index in [4.69, 9.17) is 9.47 Å². The van der Waals surface area contributed by atoms with E-state index in [-0.39, 0.29) is 17.6 Å². The molecule has 0 saturated carbocycles. The third kappa shape index (κ3) is 3.98. The van der Waals surface area contributed by atoms with Crippen molar-refractivity contribution in [2.24, 2.45) is 0 Å². The minimum absolute atomic E-state index is 0.00181. The highest BCUT2D eigenvalue weighted by molar-refractivity contribution is 5.31. The minimum atomic E-state index is -0.347. The number of benzene rings is 1. The average Bonchev–Trinajstić information content (AvgIpc) is 2.35. The molecule has 0 aromatic heterocycles. The van der Waals surface area contributed by atoms with Crippen LogP contribution in [0.2, 0.25) is 0 Å². The molecule has 1 atom stereocenters. The molecular weight excluding hydrogens is 221 g/mol. The standard InChI is InChI=1S/C13H20FNO2/c1-4-7-17-9-12(15-2)10-5-6-13(16-3)11(14)8-10/h5-6,8,12,15H,4,7,9H2,1-3H3. The molecule has 4 heteroatoms. The third-order valence-corrected chi connectivity index (χ3v) is 2.56. The van der Waals surface area contributed by atoms with Gasteiger partial charge >= 0.3 is 0 Å². The Balaban J connectivity index is 2.71. The molecule has 1 aromatic carbocycles. The zero-order valence-corrected chi connectivity index (χ0v) is 10.6. The molecule has 0 aliphatic rings. The largest absolute Gasteiger partial charge is 0.494 e. The van der Waals surface area contributed by atoms with Crippen LogP contribution in [0.1, 0.15) is 24.9 Å². The molecule has 1 rings (SSSR count). The van der Waals surface area contributed by atoms with E-state index in [1.54, 1.807) is 6.07 Å². The van der Waals surface area contributed by atoms with Gasteiger partial charge in [-0.25, -0.2) is 4.39 Å². The van der Waals surface area contributed by atoms with Gasteiger partial charge in [0.25, 0.3) is 0 Å². The van der Waals surface area contributed by atoms with E-state index in [1.807, 2.05) is 13.1 Å². The van der Waals surface area contributed by atoms with Gasteiger partial charge in [-0.3, -0.25) is 0 Å². The van der Waals surface area contributed by atoms with Gasteiger partial charge in [0.2, 0.25) is 0 Å². The van der Waals surface area contributed by atoms with Crippen molar-refractivity contribution in [2.45, 2.75) is 19.4 Å². The number of halogens is 1. The number of rotatable bonds is 7. The molecule has 17 heavy (non-hydrogen) atoms. The van der Waals surface area contributed by atoms with Crippen LogP contribution in [-0.4, -0.2) is 27.4 Å². The second-order valence-corrected chi connectivity index (χ2v) is 3.81. The van der Waals surface area contributed by atoms with E-state index in [0.717, 1.165) is 18.6 Å². The molecule has 1 N–H and O–H groups in total. The van der Waals surface area contributed by atoms with Gasteiger partial charge < -0.3 is 14.8 Å². The lowest BCUT2D eigenvalue weighted by molar-refractivity contribution is 0.114. The molecule has 0 aliphatic heterocycles. The van der Waals surface area contributed by atoms with E-state index >= 15 is 0 Å². The first-order valence-electron chi connectivity index (χ1n) is 5.81. The Morgan fingerprint density at radius 1 is 1.41 bits per heavy atom.